The van der Waals surface area contributed by atoms with Crippen LogP contribution in [0.25, 0.3) is 0 Å². The summed E-state index contributed by atoms with van der Waals surface area (Å²) in [5, 5.41) is 3.79. The third-order valence-corrected chi connectivity index (χ3v) is 5.84. The van der Waals surface area contributed by atoms with Gasteiger partial charge in [0, 0.05) is 38.8 Å². The van der Waals surface area contributed by atoms with Gasteiger partial charge in [-0.15, -0.1) is 0 Å². The molecule has 0 saturated heterocycles. The zero-order chi connectivity index (χ0) is 15.3. The van der Waals surface area contributed by atoms with Gasteiger partial charge >= 0.3 is 0 Å². The number of hydrogen-bond donors (Lipinski definition) is 1. The van der Waals surface area contributed by atoms with Crippen molar-refractivity contribution in [1.29, 1.82) is 0 Å². The monoisotopic (exact) mass is 296 g/mol. The van der Waals surface area contributed by atoms with Gasteiger partial charge in [0.05, 0.1) is 6.61 Å². The molecule has 0 spiro atoms. The molecular formula is C18H36N2O. The van der Waals surface area contributed by atoms with Crippen LogP contribution in [0, 0.1) is 11.3 Å². The van der Waals surface area contributed by atoms with Crippen molar-refractivity contribution in [3.63, 3.8) is 0 Å². The zero-order valence-corrected chi connectivity index (χ0v) is 14.7. The number of methoxy groups -OCH3 is 1. The van der Waals surface area contributed by atoms with E-state index < -0.39 is 0 Å². The number of nitrogens with one attached hydrogen (secondary N) is 1. The Morgan fingerprint density at radius 3 is 2.33 bits per heavy atom. The first-order chi connectivity index (χ1) is 10.1. The Bertz CT molecular complexity index is 296. The molecule has 0 aromatic heterocycles. The van der Waals surface area contributed by atoms with E-state index in [0.717, 1.165) is 31.2 Å². The van der Waals surface area contributed by atoms with E-state index in [1.54, 1.807) is 0 Å². The molecule has 0 radical (unpaired) electrons. The number of nitrogens with zero attached hydrogens (tertiary/aromatic N) is 1. The fourth-order valence-corrected chi connectivity index (χ4v) is 3.37. The molecule has 1 unspecified atom stereocenters. The minimum absolute atomic E-state index is 0.430. The van der Waals surface area contributed by atoms with E-state index in [1.807, 2.05) is 7.11 Å². The van der Waals surface area contributed by atoms with E-state index >= 15 is 0 Å². The predicted molar refractivity (Wildman–Crippen MR) is 89.7 cm³/mol. The lowest BCUT2D eigenvalue weighted by molar-refractivity contribution is 0.0659. The first kappa shape index (κ1) is 17.2. The highest BCUT2D eigenvalue weighted by Crippen LogP contribution is 2.37. The molecule has 2 aliphatic rings. The van der Waals surface area contributed by atoms with E-state index in [1.165, 1.54) is 51.6 Å². The van der Waals surface area contributed by atoms with Gasteiger partial charge in [-0.25, -0.2) is 0 Å². The lowest BCUT2D eigenvalue weighted by atomic mass is 9.81. The SMILES string of the molecule is CCC(CC)(CNC1CC1)CN(CCOC)C(C)C1CC1. The van der Waals surface area contributed by atoms with Gasteiger partial charge in [-0.3, -0.25) is 4.90 Å². The van der Waals surface area contributed by atoms with E-state index in [-0.39, 0.29) is 0 Å². The normalized spacial score (nSPS) is 21.0. The summed E-state index contributed by atoms with van der Waals surface area (Å²) in [7, 11) is 1.82. The Kier molecular flexibility index (Phi) is 6.51. The maximum atomic E-state index is 5.36. The third kappa shape index (κ3) is 5.22. The van der Waals surface area contributed by atoms with Gasteiger partial charge < -0.3 is 10.1 Å². The van der Waals surface area contributed by atoms with Crippen molar-refractivity contribution in [2.75, 3.05) is 33.4 Å². The minimum Gasteiger partial charge on any atom is -0.383 e. The number of rotatable bonds is 12. The van der Waals surface area contributed by atoms with Gasteiger partial charge in [-0.2, -0.15) is 0 Å². The summed E-state index contributed by atoms with van der Waals surface area (Å²) in [6, 6.07) is 1.54. The van der Waals surface area contributed by atoms with E-state index in [2.05, 4.69) is 31.0 Å². The van der Waals surface area contributed by atoms with Crippen LogP contribution in [-0.2, 0) is 4.74 Å². The fraction of sp³-hybridized carbons (Fsp3) is 1.00. The van der Waals surface area contributed by atoms with Crippen LogP contribution in [0.2, 0.25) is 0 Å². The van der Waals surface area contributed by atoms with Crippen LogP contribution in [0.5, 0.6) is 0 Å². The summed E-state index contributed by atoms with van der Waals surface area (Å²) in [4.78, 5) is 2.71. The standard InChI is InChI=1S/C18H36N2O/c1-5-18(6-2,13-19-17-9-10-17)14-20(11-12-21-4)15(3)16-7-8-16/h15-17,19H,5-14H2,1-4H3. The van der Waals surface area contributed by atoms with Crippen LogP contribution < -0.4 is 5.32 Å². The molecule has 2 saturated carbocycles. The van der Waals surface area contributed by atoms with Crippen molar-refractivity contribution in [3.8, 4) is 0 Å². The van der Waals surface area contributed by atoms with Crippen LogP contribution in [0.15, 0.2) is 0 Å². The molecule has 0 bridgehead atoms. The Morgan fingerprint density at radius 1 is 1.19 bits per heavy atom. The first-order valence-electron chi connectivity index (χ1n) is 9.10. The van der Waals surface area contributed by atoms with Gasteiger partial charge in [0.25, 0.3) is 0 Å². The molecule has 1 atom stereocenters. The number of hydrogen-bond acceptors (Lipinski definition) is 3. The smallest absolute Gasteiger partial charge is 0.0589 e. The second-order valence-corrected chi connectivity index (χ2v) is 7.40. The van der Waals surface area contributed by atoms with Crippen molar-refractivity contribution in [3.05, 3.63) is 0 Å². The van der Waals surface area contributed by atoms with Crippen molar-refractivity contribution in [1.82, 2.24) is 10.2 Å². The topological polar surface area (TPSA) is 24.5 Å². The molecule has 1 N–H and O–H groups in total. The van der Waals surface area contributed by atoms with E-state index in [4.69, 9.17) is 4.74 Å². The van der Waals surface area contributed by atoms with Crippen LogP contribution in [0.4, 0.5) is 0 Å². The van der Waals surface area contributed by atoms with Gasteiger partial charge in [-0.1, -0.05) is 13.8 Å². The van der Waals surface area contributed by atoms with Crippen LogP contribution in [-0.4, -0.2) is 50.3 Å². The second kappa shape index (κ2) is 7.94. The molecule has 0 amide bonds. The van der Waals surface area contributed by atoms with Crippen molar-refractivity contribution < 1.29 is 4.74 Å². The lowest BCUT2D eigenvalue weighted by Gasteiger charge is -2.40. The minimum atomic E-state index is 0.430. The maximum Gasteiger partial charge on any atom is 0.0589 e. The van der Waals surface area contributed by atoms with Crippen molar-refractivity contribution in [2.45, 2.75) is 71.4 Å². The average molecular weight is 296 g/mol. The Balaban J connectivity index is 1.94. The Morgan fingerprint density at radius 2 is 1.86 bits per heavy atom. The zero-order valence-electron chi connectivity index (χ0n) is 14.7. The molecule has 2 rings (SSSR count). The van der Waals surface area contributed by atoms with Gasteiger partial charge in [0.15, 0.2) is 0 Å². The Hall–Kier alpha value is -0.120. The van der Waals surface area contributed by atoms with Gasteiger partial charge in [0.1, 0.15) is 0 Å². The highest BCUT2D eigenvalue weighted by Gasteiger charge is 2.37. The maximum absolute atomic E-state index is 5.36. The molecule has 0 aliphatic heterocycles. The second-order valence-electron chi connectivity index (χ2n) is 7.40. The highest BCUT2D eigenvalue weighted by atomic mass is 16.5. The summed E-state index contributed by atoms with van der Waals surface area (Å²) >= 11 is 0. The molecule has 3 nitrogen and oxygen atoms in total. The summed E-state index contributed by atoms with van der Waals surface area (Å²) < 4.78 is 5.36. The van der Waals surface area contributed by atoms with E-state index in [9.17, 15) is 0 Å². The van der Waals surface area contributed by atoms with Gasteiger partial charge in [0.2, 0.25) is 0 Å². The predicted octanol–water partition coefficient (Wildman–Crippen LogP) is 3.29. The number of ether oxygens (including phenoxy) is 1. The Labute approximate surface area is 131 Å². The van der Waals surface area contributed by atoms with Crippen LogP contribution in [0.3, 0.4) is 0 Å². The molecular weight excluding hydrogens is 260 g/mol. The molecule has 0 aromatic rings. The lowest BCUT2D eigenvalue weighted by Crippen LogP contribution is -2.48. The fourth-order valence-electron chi connectivity index (χ4n) is 3.37. The molecule has 2 fully saturated rings. The summed E-state index contributed by atoms with van der Waals surface area (Å²) in [6.45, 7) is 11.5. The average Bonchev–Trinajstić information content (AvgIpc) is 3.40. The molecule has 21 heavy (non-hydrogen) atoms. The summed E-state index contributed by atoms with van der Waals surface area (Å²) in [5.41, 5.74) is 0.430. The summed E-state index contributed by atoms with van der Waals surface area (Å²) in [5.74, 6) is 0.935. The van der Waals surface area contributed by atoms with Crippen molar-refractivity contribution >= 4 is 0 Å². The largest absolute Gasteiger partial charge is 0.383 e. The first-order valence-corrected chi connectivity index (χ1v) is 9.10. The molecule has 124 valence electrons. The molecule has 3 heteroatoms. The molecule has 0 heterocycles. The summed E-state index contributed by atoms with van der Waals surface area (Å²) in [6.07, 6.45) is 8.16. The van der Waals surface area contributed by atoms with Gasteiger partial charge in [-0.05, 0) is 56.8 Å². The highest BCUT2D eigenvalue weighted by molar-refractivity contribution is 4.92. The molecule has 2 aliphatic carbocycles. The quantitative estimate of drug-likeness (QED) is 0.598. The van der Waals surface area contributed by atoms with Crippen LogP contribution in [0.1, 0.15) is 59.3 Å². The van der Waals surface area contributed by atoms with E-state index in [0.29, 0.717) is 5.41 Å². The van der Waals surface area contributed by atoms with Crippen molar-refractivity contribution in [2.24, 2.45) is 11.3 Å². The third-order valence-electron chi connectivity index (χ3n) is 5.84. The molecule has 0 aromatic carbocycles. The van der Waals surface area contributed by atoms with Crippen LogP contribution >= 0.6 is 0 Å².